The lowest BCUT2D eigenvalue weighted by Gasteiger charge is -2.44. The summed E-state index contributed by atoms with van der Waals surface area (Å²) in [5.41, 5.74) is 21.8. The summed E-state index contributed by atoms with van der Waals surface area (Å²) in [4.78, 5) is 10.2. The standard InChI is InChI=1S/C52H47N5/c1-2-11-36(32-53)52(37-12-9-30-54-33-37)45-17-6-3-15-44(45)49-46(52)29-28-42-43-16-10-31-55-51(43)57(50(42)49)39-26-22-35(23-27-39)34-20-24-38(25-21-34)56-47-18-7-4-13-40(47)41-14-5-8-19-48(41)56/h2-9,11,13-15,17-32,37,40,42,47,50,54H,10,12,16,33,53H2,1H3/b11-2-,36-32+. The van der Waals surface area contributed by atoms with Crippen molar-refractivity contribution in [2.45, 2.75) is 49.6 Å². The molecule has 4 aromatic rings. The van der Waals surface area contributed by atoms with Crippen molar-refractivity contribution in [3.8, 4) is 11.1 Å². The van der Waals surface area contributed by atoms with Crippen LogP contribution < -0.4 is 20.9 Å². The average molecular weight is 742 g/mol. The number of nitrogens with zero attached hydrogens (tertiary/aromatic N) is 3. The molecular formula is C52H47N5. The van der Waals surface area contributed by atoms with Crippen LogP contribution in [0.5, 0.6) is 0 Å². The first kappa shape index (κ1) is 34.0. The molecule has 3 aliphatic carbocycles. The van der Waals surface area contributed by atoms with Crippen LogP contribution >= 0.6 is 0 Å². The highest BCUT2D eigenvalue weighted by atomic mass is 15.3. The fourth-order valence-corrected chi connectivity index (χ4v) is 11.3. The Morgan fingerprint density at radius 1 is 0.842 bits per heavy atom. The molecule has 0 fully saturated rings. The number of allylic oxidation sites excluding steroid dienone is 8. The van der Waals surface area contributed by atoms with Crippen molar-refractivity contribution in [1.29, 1.82) is 0 Å². The molecule has 0 spiro atoms. The molecule has 0 saturated carbocycles. The third-order valence-corrected chi connectivity index (χ3v) is 13.6. The molecule has 6 atom stereocenters. The molecule has 4 aliphatic heterocycles. The number of rotatable bonds is 6. The fraction of sp³-hybridized carbons (Fsp3) is 0.212. The predicted molar refractivity (Wildman–Crippen MR) is 236 cm³/mol. The largest absolute Gasteiger partial charge is 0.404 e. The number of fused-ring (bicyclic) bond motifs is 8. The molecule has 5 nitrogen and oxygen atoms in total. The van der Waals surface area contributed by atoms with Gasteiger partial charge in [-0.25, -0.2) is 4.99 Å². The summed E-state index contributed by atoms with van der Waals surface area (Å²) in [6.45, 7) is 2.98. The molecule has 3 N–H and O–H groups in total. The van der Waals surface area contributed by atoms with Crippen LogP contribution in [0.2, 0.25) is 0 Å². The van der Waals surface area contributed by atoms with E-state index in [9.17, 15) is 0 Å². The maximum atomic E-state index is 6.63. The normalized spacial score (nSPS) is 27.7. The molecule has 7 aliphatic rings. The minimum atomic E-state index is -0.386. The second-order valence-electron chi connectivity index (χ2n) is 16.3. The lowest BCUT2D eigenvalue weighted by atomic mass is 9.60. The molecule has 0 saturated heterocycles. The Labute approximate surface area is 336 Å². The van der Waals surface area contributed by atoms with Crippen LogP contribution in [0.25, 0.3) is 16.7 Å². The number of aliphatic imine (C=N–C) groups is 1. The average Bonchev–Trinajstić information content (AvgIpc) is 3.90. The lowest BCUT2D eigenvalue weighted by molar-refractivity contribution is 0.358. The van der Waals surface area contributed by atoms with E-state index in [4.69, 9.17) is 10.7 Å². The quantitative estimate of drug-likeness (QED) is 0.193. The SMILES string of the molecule is C/C=C\C(=C/N)C1(C2CC=CNC2)C2=C(c3ccccc31)C1C(C=C2)C2=C(N=CCC2)N1c1ccc(-c2ccc(N3c4ccccc4C4C=CC=CC43)cc2)cc1. The van der Waals surface area contributed by atoms with Gasteiger partial charge in [0.1, 0.15) is 5.82 Å². The Bertz CT molecular complexity index is 2560. The van der Waals surface area contributed by atoms with Gasteiger partial charge in [0.25, 0.3) is 0 Å². The molecular weight excluding hydrogens is 695 g/mol. The maximum Gasteiger partial charge on any atom is 0.133 e. The molecule has 0 radical (unpaired) electrons. The Kier molecular flexibility index (Phi) is 7.99. The van der Waals surface area contributed by atoms with E-state index >= 15 is 0 Å². The number of hydrogen-bond acceptors (Lipinski definition) is 5. The number of benzene rings is 4. The number of anilines is 3. The second kappa shape index (κ2) is 13.4. The molecule has 4 aromatic carbocycles. The van der Waals surface area contributed by atoms with Gasteiger partial charge in [0.05, 0.1) is 17.5 Å². The van der Waals surface area contributed by atoms with E-state index in [0.29, 0.717) is 17.9 Å². The molecule has 0 bridgehead atoms. The summed E-state index contributed by atoms with van der Waals surface area (Å²) >= 11 is 0. The third-order valence-electron chi connectivity index (χ3n) is 13.6. The summed E-state index contributed by atoms with van der Waals surface area (Å²) in [5.74, 6) is 2.03. The number of nitrogens with one attached hydrogen (secondary N) is 1. The molecule has 4 heterocycles. The second-order valence-corrected chi connectivity index (χ2v) is 16.3. The van der Waals surface area contributed by atoms with Crippen LogP contribution in [0.1, 0.15) is 48.8 Å². The van der Waals surface area contributed by atoms with E-state index in [2.05, 4.69) is 186 Å². The zero-order valence-corrected chi connectivity index (χ0v) is 32.3. The van der Waals surface area contributed by atoms with Gasteiger partial charge in [-0.2, -0.15) is 0 Å². The van der Waals surface area contributed by atoms with E-state index in [-0.39, 0.29) is 17.4 Å². The van der Waals surface area contributed by atoms with E-state index in [1.807, 2.05) is 6.20 Å². The Hall–Kier alpha value is -6.33. The van der Waals surface area contributed by atoms with Crippen molar-refractivity contribution >= 4 is 28.8 Å². The van der Waals surface area contributed by atoms with Gasteiger partial charge >= 0.3 is 0 Å². The fourth-order valence-electron chi connectivity index (χ4n) is 11.3. The van der Waals surface area contributed by atoms with E-state index in [0.717, 1.165) is 37.2 Å². The highest BCUT2D eigenvalue weighted by Crippen LogP contribution is 2.62. The van der Waals surface area contributed by atoms with Crippen molar-refractivity contribution in [1.82, 2.24) is 5.32 Å². The molecule has 57 heavy (non-hydrogen) atoms. The van der Waals surface area contributed by atoms with Crippen LogP contribution in [-0.2, 0) is 5.41 Å². The molecule has 0 amide bonds. The van der Waals surface area contributed by atoms with Crippen LogP contribution in [0.15, 0.2) is 192 Å². The summed E-state index contributed by atoms with van der Waals surface area (Å²) in [5, 5.41) is 3.59. The van der Waals surface area contributed by atoms with Crippen molar-refractivity contribution < 1.29 is 0 Å². The molecule has 11 rings (SSSR count). The van der Waals surface area contributed by atoms with Crippen molar-refractivity contribution in [3.05, 3.63) is 203 Å². The van der Waals surface area contributed by atoms with E-state index < -0.39 is 0 Å². The Balaban J connectivity index is 0.983. The van der Waals surface area contributed by atoms with Gasteiger partial charge in [0, 0.05) is 41.7 Å². The first-order chi connectivity index (χ1) is 28.2. The highest BCUT2D eigenvalue weighted by molar-refractivity contribution is 5.93. The first-order valence-corrected chi connectivity index (χ1v) is 20.7. The van der Waals surface area contributed by atoms with Crippen LogP contribution in [-0.4, -0.2) is 24.8 Å². The van der Waals surface area contributed by atoms with Gasteiger partial charge in [-0.3, -0.25) is 0 Å². The molecule has 5 heteroatoms. The zero-order valence-electron chi connectivity index (χ0n) is 32.3. The molecule has 280 valence electrons. The van der Waals surface area contributed by atoms with E-state index in [1.165, 1.54) is 61.6 Å². The van der Waals surface area contributed by atoms with Crippen LogP contribution in [0.4, 0.5) is 17.1 Å². The van der Waals surface area contributed by atoms with Crippen molar-refractivity contribution in [3.63, 3.8) is 0 Å². The summed E-state index contributed by atoms with van der Waals surface area (Å²) < 4.78 is 0. The monoisotopic (exact) mass is 741 g/mol. The summed E-state index contributed by atoms with van der Waals surface area (Å²) in [6, 6.07) is 36.7. The Morgan fingerprint density at radius 2 is 1.60 bits per heavy atom. The topological polar surface area (TPSA) is 56.9 Å². The highest BCUT2D eigenvalue weighted by Gasteiger charge is 2.56. The van der Waals surface area contributed by atoms with Crippen molar-refractivity contribution in [2.75, 3.05) is 16.3 Å². The number of nitrogens with two attached hydrogens (primary N) is 1. The van der Waals surface area contributed by atoms with Gasteiger partial charge < -0.3 is 20.9 Å². The number of hydrogen-bond donors (Lipinski definition) is 2. The smallest absolute Gasteiger partial charge is 0.133 e. The van der Waals surface area contributed by atoms with Gasteiger partial charge in [-0.15, -0.1) is 0 Å². The minimum absolute atomic E-state index is 0.0889. The lowest BCUT2D eigenvalue weighted by Crippen LogP contribution is -2.44. The van der Waals surface area contributed by atoms with Gasteiger partial charge in [0.15, 0.2) is 0 Å². The van der Waals surface area contributed by atoms with Gasteiger partial charge in [-0.05, 0) is 125 Å². The van der Waals surface area contributed by atoms with E-state index in [1.54, 1.807) is 0 Å². The third kappa shape index (κ3) is 4.91. The predicted octanol–water partition coefficient (Wildman–Crippen LogP) is 10.8. The van der Waals surface area contributed by atoms with Crippen molar-refractivity contribution in [2.24, 2.45) is 22.6 Å². The first-order valence-electron chi connectivity index (χ1n) is 20.7. The number of para-hydroxylation sites is 1. The maximum absolute atomic E-state index is 6.63. The van der Waals surface area contributed by atoms with Gasteiger partial charge in [0.2, 0.25) is 0 Å². The summed E-state index contributed by atoms with van der Waals surface area (Å²) in [6.07, 6.45) is 29.7. The minimum Gasteiger partial charge on any atom is -0.404 e. The summed E-state index contributed by atoms with van der Waals surface area (Å²) in [7, 11) is 0. The van der Waals surface area contributed by atoms with Crippen LogP contribution in [0, 0.1) is 11.8 Å². The van der Waals surface area contributed by atoms with Gasteiger partial charge in [-0.1, -0.05) is 121 Å². The molecule has 6 unspecified atom stereocenters. The van der Waals surface area contributed by atoms with Crippen LogP contribution in [0.3, 0.4) is 0 Å². The Morgan fingerprint density at radius 3 is 2.37 bits per heavy atom. The molecule has 0 aromatic heterocycles. The zero-order chi connectivity index (χ0) is 38.1.